The van der Waals surface area contributed by atoms with Gasteiger partial charge >= 0.3 is 0 Å². The Balaban J connectivity index is 1.66. The zero-order chi connectivity index (χ0) is 17.1. The Morgan fingerprint density at radius 2 is 1.96 bits per heavy atom. The van der Waals surface area contributed by atoms with Gasteiger partial charge < -0.3 is 4.74 Å². The van der Waals surface area contributed by atoms with Gasteiger partial charge in [0.05, 0.1) is 25.4 Å². The van der Waals surface area contributed by atoms with Gasteiger partial charge in [-0.15, -0.1) is 15.3 Å². The van der Waals surface area contributed by atoms with Crippen LogP contribution in [0.25, 0.3) is 11.0 Å². The first-order valence-corrected chi connectivity index (χ1v) is 7.67. The number of fused-ring (bicyclic) bond motifs is 1. The van der Waals surface area contributed by atoms with Crippen LogP contribution in [0.3, 0.4) is 0 Å². The first-order chi connectivity index (χ1) is 12.3. The van der Waals surface area contributed by atoms with Gasteiger partial charge in [0, 0.05) is 5.56 Å². The summed E-state index contributed by atoms with van der Waals surface area (Å²) in [6, 6.07) is 13.7. The van der Waals surface area contributed by atoms with Crippen molar-refractivity contribution in [3.8, 4) is 5.75 Å². The molecule has 2 aromatic heterocycles. The molecule has 25 heavy (non-hydrogen) atoms. The number of aromatic nitrogens is 6. The molecule has 0 amide bonds. The van der Waals surface area contributed by atoms with Crippen molar-refractivity contribution < 1.29 is 4.74 Å². The van der Waals surface area contributed by atoms with Gasteiger partial charge in [0.1, 0.15) is 23.9 Å². The van der Waals surface area contributed by atoms with E-state index in [4.69, 9.17) is 4.74 Å². The number of nitrogens with zero attached hydrogens (tertiary/aromatic N) is 7. The number of ether oxygens (including phenoxy) is 1. The Morgan fingerprint density at radius 1 is 1.12 bits per heavy atom. The first-order valence-electron chi connectivity index (χ1n) is 7.67. The molecular formula is C17H15N7O. The van der Waals surface area contributed by atoms with Gasteiger partial charge in [-0.05, 0) is 35.9 Å². The maximum Gasteiger partial charge on any atom is 0.141 e. The third-order valence-corrected chi connectivity index (χ3v) is 3.79. The summed E-state index contributed by atoms with van der Waals surface area (Å²) in [5.41, 5.74) is 3.78. The molecule has 2 heterocycles. The quantitative estimate of drug-likeness (QED) is 0.521. The molecule has 8 heteroatoms. The molecule has 0 aliphatic carbocycles. The molecule has 4 rings (SSSR count). The van der Waals surface area contributed by atoms with Crippen molar-refractivity contribution in [1.82, 2.24) is 29.9 Å². The van der Waals surface area contributed by atoms with Crippen LogP contribution in [0.4, 0.5) is 0 Å². The van der Waals surface area contributed by atoms with Crippen molar-refractivity contribution in [1.29, 1.82) is 0 Å². The summed E-state index contributed by atoms with van der Waals surface area (Å²) < 4.78 is 8.87. The van der Waals surface area contributed by atoms with Crippen LogP contribution in [0.5, 0.6) is 5.75 Å². The maximum atomic E-state index is 5.48. The predicted molar refractivity (Wildman–Crippen MR) is 92.6 cm³/mol. The maximum absolute atomic E-state index is 5.48. The molecular weight excluding hydrogens is 318 g/mol. The lowest BCUT2D eigenvalue weighted by molar-refractivity contribution is 0.407. The van der Waals surface area contributed by atoms with Crippen molar-refractivity contribution in [3.05, 3.63) is 66.2 Å². The van der Waals surface area contributed by atoms with Gasteiger partial charge in [0.15, 0.2) is 0 Å². The SMILES string of the molecule is COc1ccc(/C=N\n2cnnc2)cc1Cn1nnc2ccccc21. The van der Waals surface area contributed by atoms with Gasteiger partial charge in [-0.1, -0.05) is 17.3 Å². The van der Waals surface area contributed by atoms with E-state index in [2.05, 4.69) is 25.6 Å². The smallest absolute Gasteiger partial charge is 0.141 e. The van der Waals surface area contributed by atoms with Crippen molar-refractivity contribution >= 4 is 17.2 Å². The number of benzene rings is 2. The molecule has 0 saturated carbocycles. The summed E-state index contributed by atoms with van der Waals surface area (Å²) in [4.78, 5) is 0. The lowest BCUT2D eigenvalue weighted by Crippen LogP contribution is -2.04. The molecule has 2 aromatic carbocycles. The fourth-order valence-corrected chi connectivity index (χ4v) is 2.59. The lowest BCUT2D eigenvalue weighted by atomic mass is 10.1. The molecule has 0 saturated heterocycles. The van der Waals surface area contributed by atoms with E-state index in [-0.39, 0.29) is 0 Å². The Hall–Kier alpha value is -3.55. The lowest BCUT2D eigenvalue weighted by Gasteiger charge is -2.10. The summed E-state index contributed by atoms with van der Waals surface area (Å²) in [6.07, 6.45) is 4.80. The van der Waals surface area contributed by atoms with E-state index in [1.165, 1.54) is 17.3 Å². The minimum absolute atomic E-state index is 0.554. The van der Waals surface area contributed by atoms with Crippen molar-refractivity contribution in [3.63, 3.8) is 0 Å². The summed E-state index contributed by atoms with van der Waals surface area (Å²) >= 11 is 0. The molecule has 0 aliphatic heterocycles. The van der Waals surface area contributed by atoms with E-state index in [0.29, 0.717) is 6.54 Å². The fourth-order valence-electron chi connectivity index (χ4n) is 2.59. The molecule has 8 nitrogen and oxygen atoms in total. The van der Waals surface area contributed by atoms with Gasteiger partial charge in [-0.3, -0.25) is 0 Å². The van der Waals surface area contributed by atoms with Gasteiger partial charge in [-0.25, -0.2) is 9.36 Å². The van der Waals surface area contributed by atoms with E-state index < -0.39 is 0 Å². The Labute approximate surface area is 143 Å². The summed E-state index contributed by atoms with van der Waals surface area (Å²) in [7, 11) is 1.66. The molecule has 0 aliphatic rings. The Kier molecular flexibility index (Phi) is 3.91. The van der Waals surface area contributed by atoms with Crippen molar-refractivity contribution in [2.45, 2.75) is 6.54 Å². The third-order valence-electron chi connectivity index (χ3n) is 3.79. The zero-order valence-corrected chi connectivity index (χ0v) is 13.5. The molecule has 0 unspecified atom stereocenters. The second-order valence-corrected chi connectivity index (χ2v) is 5.39. The molecule has 4 aromatic rings. The number of methoxy groups -OCH3 is 1. The largest absolute Gasteiger partial charge is 0.496 e. The van der Waals surface area contributed by atoms with Crippen LogP contribution in [0.2, 0.25) is 0 Å². The highest BCUT2D eigenvalue weighted by Crippen LogP contribution is 2.22. The highest BCUT2D eigenvalue weighted by Gasteiger charge is 2.09. The van der Waals surface area contributed by atoms with E-state index in [1.54, 1.807) is 13.3 Å². The van der Waals surface area contributed by atoms with E-state index in [0.717, 1.165) is 27.9 Å². The number of rotatable bonds is 5. The van der Waals surface area contributed by atoms with Crippen LogP contribution in [0.1, 0.15) is 11.1 Å². The highest BCUT2D eigenvalue weighted by atomic mass is 16.5. The summed E-state index contributed by atoms with van der Waals surface area (Å²) in [5, 5.41) is 20.1. The number of hydrogen-bond acceptors (Lipinski definition) is 6. The van der Waals surface area contributed by atoms with Crippen LogP contribution >= 0.6 is 0 Å². The third kappa shape index (κ3) is 3.09. The molecule has 124 valence electrons. The topological polar surface area (TPSA) is 83.0 Å². The molecule has 0 bridgehead atoms. The monoisotopic (exact) mass is 333 g/mol. The molecule has 0 radical (unpaired) electrons. The van der Waals surface area contributed by atoms with Crippen LogP contribution in [-0.2, 0) is 6.54 Å². The Morgan fingerprint density at radius 3 is 2.80 bits per heavy atom. The van der Waals surface area contributed by atoms with E-state index >= 15 is 0 Å². The van der Waals surface area contributed by atoms with E-state index in [9.17, 15) is 0 Å². The van der Waals surface area contributed by atoms with Crippen LogP contribution in [0.15, 0.2) is 60.2 Å². The number of hydrogen-bond donors (Lipinski definition) is 0. The van der Waals surface area contributed by atoms with Gasteiger partial charge in [0.2, 0.25) is 0 Å². The average Bonchev–Trinajstić information content (AvgIpc) is 3.30. The second-order valence-electron chi connectivity index (χ2n) is 5.39. The second kappa shape index (κ2) is 6.52. The fraction of sp³-hybridized carbons (Fsp3) is 0.118. The minimum atomic E-state index is 0.554. The Bertz CT molecular complexity index is 1020. The molecule has 0 atom stereocenters. The highest BCUT2D eigenvalue weighted by molar-refractivity contribution is 5.80. The first kappa shape index (κ1) is 15.0. The number of para-hydroxylation sites is 1. The summed E-state index contributed by atoms with van der Waals surface area (Å²) in [6.45, 7) is 0.554. The van der Waals surface area contributed by atoms with Crippen LogP contribution in [0, 0.1) is 0 Å². The summed E-state index contributed by atoms with van der Waals surface area (Å²) in [5.74, 6) is 0.793. The van der Waals surface area contributed by atoms with E-state index in [1.807, 2.05) is 47.1 Å². The predicted octanol–water partition coefficient (Wildman–Crippen LogP) is 1.96. The average molecular weight is 333 g/mol. The zero-order valence-electron chi connectivity index (χ0n) is 13.5. The normalized spacial score (nSPS) is 11.4. The minimum Gasteiger partial charge on any atom is -0.496 e. The standard InChI is InChI=1S/C17H15N7O/c1-25-17-7-6-13(9-20-23-11-18-19-12-23)8-14(17)10-24-16-5-3-2-4-15(16)21-22-24/h2-9,11-12H,10H2,1H3/b20-9-. The van der Waals surface area contributed by atoms with Gasteiger partial charge in [0.25, 0.3) is 0 Å². The molecule has 0 N–H and O–H groups in total. The van der Waals surface area contributed by atoms with Crippen molar-refractivity contribution in [2.24, 2.45) is 5.10 Å². The van der Waals surface area contributed by atoms with Crippen LogP contribution < -0.4 is 4.74 Å². The van der Waals surface area contributed by atoms with Crippen molar-refractivity contribution in [2.75, 3.05) is 7.11 Å². The molecule has 0 fully saturated rings. The van der Waals surface area contributed by atoms with Crippen LogP contribution in [-0.4, -0.2) is 43.2 Å². The molecule has 0 spiro atoms. The van der Waals surface area contributed by atoms with Gasteiger partial charge in [-0.2, -0.15) is 5.10 Å².